The molecule has 2 aromatic carbocycles. The Morgan fingerprint density at radius 2 is 1.94 bits per heavy atom. The number of pyridine rings is 1. The Kier molecular flexibility index (Phi) is 5.00. The molecular weight excluding hydrogens is 425 g/mol. The van der Waals surface area contributed by atoms with Crippen LogP contribution in [0, 0.1) is 12.7 Å². The van der Waals surface area contributed by atoms with Gasteiger partial charge in [-0.05, 0) is 36.1 Å². The predicted octanol–water partition coefficient (Wildman–Crippen LogP) is 2.68. The second-order valence-corrected chi connectivity index (χ2v) is 8.57. The van der Waals surface area contributed by atoms with Crippen LogP contribution in [0.25, 0.3) is 0 Å². The van der Waals surface area contributed by atoms with E-state index in [2.05, 4.69) is 5.32 Å². The summed E-state index contributed by atoms with van der Waals surface area (Å²) in [5.74, 6) is -2.39. The van der Waals surface area contributed by atoms with Crippen LogP contribution in [0.4, 0.5) is 4.39 Å². The predicted molar refractivity (Wildman–Crippen MR) is 119 cm³/mol. The number of aromatic hydroxyl groups is 1. The SMILES string of the molecule is Cc1ccc(CNC(=O)c2cn3c(c(O)c2=O)C(=O)N2Cc4ccccc4CC3C2)c(F)c1. The van der Waals surface area contributed by atoms with E-state index in [0.717, 1.165) is 16.7 Å². The fraction of sp³-hybridized carbons (Fsp3) is 0.240. The number of carbonyl (C=O) groups is 2. The zero-order chi connectivity index (χ0) is 23.3. The van der Waals surface area contributed by atoms with E-state index >= 15 is 0 Å². The molecule has 0 saturated carbocycles. The molecule has 168 valence electrons. The maximum absolute atomic E-state index is 14.1. The molecule has 2 amide bonds. The molecule has 0 radical (unpaired) electrons. The first kappa shape index (κ1) is 20.9. The van der Waals surface area contributed by atoms with Gasteiger partial charge in [-0.15, -0.1) is 0 Å². The van der Waals surface area contributed by atoms with E-state index in [1.807, 2.05) is 24.3 Å². The molecular formula is C25H22FN3O4. The van der Waals surface area contributed by atoms with Gasteiger partial charge in [-0.1, -0.05) is 36.4 Å². The summed E-state index contributed by atoms with van der Waals surface area (Å²) < 4.78 is 15.7. The summed E-state index contributed by atoms with van der Waals surface area (Å²) >= 11 is 0. The van der Waals surface area contributed by atoms with Crippen molar-refractivity contribution in [3.8, 4) is 5.75 Å². The van der Waals surface area contributed by atoms with Gasteiger partial charge in [0.1, 0.15) is 11.4 Å². The Morgan fingerprint density at radius 3 is 2.70 bits per heavy atom. The van der Waals surface area contributed by atoms with Crippen molar-refractivity contribution in [2.75, 3.05) is 6.54 Å². The second kappa shape index (κ2) is 7.88. The molecule has 2 bridgehead atoms. The molecule has 0 aliphatic carbocycles. The molecule has 3 heterocycles. The molecule has 0 fully saturated rings. The van der Waals surface area contributed by atoms with Crippen molar-refractivity contribution in [3.05, 3.63) is 98.2 Å². The van der Waals surface area contributed by atoms with Gasteiger partial charge in [-0.3, -0.25) is 14.4 Å². The van der Waals surface area contributed by atoms with E-state index in [1.54, 1.807) is 28.5 Å². The van der Waals surface area contributed by atoms with Crippen LogP contribution in [0.1, 0.15) is 49.1 Å². The zero-order valence-corrected chi connectivity index (χ0v) is 18.0. The van der Waals surface area contributed by atoms with Gasteiger partial charge in [0.25, 0.3) is 11.8 Å². The molecule has 0 spiro atoms. The summed E-state index contributed by atoms with van der Waals surface area (Å²) in [5.41, 5.74) is 1.81. The van der Waals surface area contributed by atoms with Crippen LogP contribution >= 0.6 is 0 Å². The van der Waals surface area contributed by atoms with Crippen molar-refractivity contribution >= 4 is 11.8 Å². The summed E-state index contributed by atoms with van der Waals surface area (Å²) in [7, 11) is 0. The number of nitrogens with zero attached hydrogens (tertiary/aromatic N) is 2. The molecule has 2 aliphatic rings. The van der Waals surface area contributed by atoms with Gasteiger partial charge in [-0.2, -0.15) is 0 Å². The highest BCUT2D eigenvalue weighted by Crippen LogP contribution is 2.33. The van der Waals surface area contributed by atoms with Gasteiger partial charge in [0.15, 0.2) is 11.4 Å². The van der Waals surface area contributed by atoms with Gasteiger partial charge >= 0.3 is 0 Å². The molecule has 1 unspecified atom stereocenters. The Morgan fingerprint density at radius 1 is 1.18 bits per heavy atom. The number of hydrogen-bond donors (Lipinski definition) is 2. The Bertz CT molecular complexity index is 1360. The smallest absolute Gasteiger partial charge is 0.274 e. The first-order chi connectivity index (χ1) is 15.8. The van der Waals surface area contributed by atoms with E-state index in [-0.39, 0.29) is 29.4 Å². The third-order valence-electron chi connectivity index (χ3n) is 6.35. The third kappa shape index (κ3) is 3.57. The summed E-state index contributed by atoms with van der Waals surface area (Å²) in [4.78, 5) is 40.3. The van der Waals surface area contributed by atoms with Crippen molar-refractivity contribution in [2.45, 2.75) is 32.5 Å². The van der Waals surface area contributed by atoms with Gasteiger partial charge in [-0.25, -0.2) is 4.39 Å². The highest BCUT2D eigenvalue weighted by Gasteiger charge is 2.37. The topological polar surface area (TPSA) is 91.6 Å². The maximum atomic E-state index is 14.1. The van der Waals surface area contributed by atoms with Gasteiger partial charge in [0.05, 0.1) is 6.04 Å². The van der Waals surface area contributed by atoms with Crippen LogP contribution < -0.4 is 10.7 Å². The third-order valence-corrected chi connectivity index (χ3v) is 6.35. The van der Waals surface area contributed by atoms with Gasteiger partial charge in [0.2, 0.25) is 5.43 Å². The lowest BCUT2D eigenvalue weighted by molar-refractivity contribution is 0.0653. The fourth-order valence-corrected chi connectivity index (χ4v) is 4.59. The molecule has 0 saturated heterocycles. The fourth-order valence-electron chi connectivity index (χ4n) is 4.59. The van der Waals surface area contributed by atoms with Crippen LogP contribution in [0.15, 0.2) is 53.5 Å². The van der Waals surface area contributed by atoms with E-state index in [0.29, 0.717) is 19.5 Å². The van der Waals surface area contributed by atoms with E-state index in [1.165, 1.54) is 12.3 Å². The lowest BCUT2D eigenvalue weighted by Crippen LogP contribution is -2.44. The number of fused-ring (bicyclic) bond motifs is 5. The number of aromatic nitrogens is 1. The van der Waals surface area contributed by atoms with E-state index in [4.69, 9.17) is 0 Å². The largest absolute Gasteiger partial charge is 0.503 e. The minimum atomic E-state index is -0.922. The zero-order valence-electron chi connectivity index (χ0n) is 18.0. The Labute approximate surface area is 189 Å². The highest BCUT2D eigenvalue weighted by molar-refractivity contribution is 5.99. The number of nitrogens with one attached hydrogen (secondary N) is 1. The van der Waals surface area contributed by atoms with Crippen LogP contribution in [0.2, 0.25) is 0 Å². The van der Waals surface area contributed by atoms with Crippen LogP contribution in [0.3, 0.4) is 0 Å². The maximum Gasteiger partial charge on any atom is 0.274 e. The molecule has 33 heavy (non-hydrogen) atoms. The van der Waals surface area contributed by atoms with E-state index in [9.17, 15) is 23.9 Å². The lowest BCUT2D eigenvalue weighted by Gasteiger charge is -2.34. The summed E-state index contributed by atoms with van der Waals surface area (Å²) in [6.07, 6.45) is 1.93. The van der Waals surface area contributed by atoms with Crippen molar-refractivity contribution in [1.29, 1.82) is 0 Å². The number of rotatable bonds is 3. The molecule has 3 aromatic rings. The average Bonchev–Trinajstić information content (AvgIpc) is 2.96. The molecule has 2 aliphatic heterocycles. The summed E-state index contributed by atoms with van der Waals surface area (Å²) in [6, 6.07) is 12.2. The van der Waals surface area contributed by atoms with Crippen LogP contribution in [0.5, 0.6) is 5.75 Å². The van der Waals surface area contributed by atoms with Crippen LogP contribution in [-0.4, -0.2) is 32.9 Å². The number of hydrogen-bond acceptors (Lipinski definition) is 4. The quantitative estimate of drug-likeness (QED) is 0.646. The summed E-state index contributed by atoms with van der Waals surface area (Å²) in [6.45, 7) is 2.44. The van der Waals surface area contributed by atoms with Gasteiger partial charge in [0, 0.05) is 31.4 Å². The average molecular weight is 447 g/mol. The summed E-state index contributed by atoms with van der Waals surface area (Å²) in [5, 5.41) is 13.2. The lowest BCUT2D eigenvalue weighted by atomic mass is 10.0. The number of halogens is 1. The molecule has 8 heteroatoms. The number of aryl methyl sites for hydroxylation is 1. The number of benzene rings is 2. The normalized spacial score (nSPS) is 16.6. The molecule has 2 N–H and O–H groups in total. The number of amides is 2. The molecule has 1 aromatic heterocycles. The monoisotopic (exact) mass is 447 g/mol. The van der Waals surface area contributed by atoms with E-state index < -0.39 is 28.8 Å². The molecule has 5 rings (SSSR count). The minimum absolute atomic E-state index is 0.106. The Hall–Kier alpha value is -3.94. The Balaban J connectivity index is 1.50. The molecule has 7 nitrogen and oxygen atoms in total. The standard InChI is InChI=1S/C25H22FN3O4/c1-14-6-7-16(20(26)8-14)10-27-24(32)19-13-29-18-9-15-4-2-3-5-17(15)11-28(12-18)25(33)21(29)23(31)22(19)30/h2-8,13,18,31H,9-12H2,1H3,(H,27,32). The first-order valence-corrected chi connectivity index (χ1v) is 10.7. The van der Waals surface area contributed by atoms with Crippen molar-refractivity contribution in [2.24, 2.45) is 0 Å². The van der Waals surface area contributed by atoms with Crippen LogP contribution in [-0.2, 0) is 19.5 Å². The second-order valence-electron chi connectivity index (χ2n) is 8.57. The highest BCUT2D eigenvalue weighted by atomic mass is 19.1. The van der Waals surface area contributed by atoms with Gasteiger partial charge < -0.3 is 19.9 Å². The minimum Gasteiger partial charge on any atom is -0.503 e. The number of carbonyl (C=O) groups excluding carboxylic acids is 2. The first-order valence-electron chi connectivity index (χ1n) is 10.7. The van der Waals surface area contributed by atoms with Crippen molar-refractivity contribution in [3.63, 3.8) is 0 Å². The van der Waals surface area contributed by atoms with Crippen molar-refractivity contribution in [1.82, 2.24) is 14.8 Å². The van der Waals surface area contributed by atoms with Crippen molar-refractivity contribution < 1.29 is 19.1 Å². The molecule has 1 atom stereocenters.